The smallest absolute Gasteiger partial charge is 0.326 e. The fourth-order valence-corrected chi connectivity index (χ4v) is 2.37. The number of benzene rings is 1. The highest BCUT2D eigenvalue weighted by Gasteiger charge is 2.26. The van der Waals surface area contributed by atoms with Gasteiger partial charge in [0, 0.05) is 32.4 Å². The highest BCUT2D eigenvalue weighted by atomic mass is 16.4. The van der Waals surface area contributed by atoms with Gasteiger partial charge in [-0.2, -0.15) is 0 Å². The fraction of sp³-hybridized carbons (Fsp3) is 0.500. The molecule has 1 unspecified atom stereocenters. The van der Waals surface area contributed by atoms with Crippen LogP contribution in [0.5, 0.6) is 0 Å². The Morgan fingerprint density at radius 2 is 1.75 bits per heavy atom. The summed E-state index contributed by atoms with van der Waals surface area (Å²) in [6.45, 7) is 3.75. The molecule has 6 heteroatoms. The van der Waals surface area contributed by atoms with E-state index in [4.69, 9.17) is 0 Å². The summed E-state index contributed by atoms with van der Waals surface area (Å²) in [4.78, 5) is 36.5. The summed E-state index contributed by atoms with van der Waals surface area (Å²) in [6, 6.07) is 8.36. The van der Waals surface area contributed by atoms with E-state index in [0.29, 0.717) is 6.42 Å². The minimum absolute atomic E-state index is 0.0677. The van der Waals surface area contributed by atoms with Crippen molar-refractivity contribution in [3.05, 3.63) is 35.9 Å². The predicted molar refractivity (Wildman–Crippen MR) is 91.5 cm³/mol. The first-order valence-corrected chi connectivity index (χ1v) is 8.13. The molecule has 2 amide bonds. The Morgan fingerprint density at radius 3 is 2.29 bits per heavy atom. The average molecular weight is 334 g/mol. The normalized spacial score (nSPS) is 11.8. The first-order chi connectivity index (χ1) is 11.3. The van der Waals surface area contributed by atoms with Crippen molar-refractivity contribution in [3.8, 4) is 0 Å². The molecule has 0 heterocycles. The van der Waals surface area contributed by atoms with Crippen LogP contribution in [0.15, 0.2) is 30.3 Å². The van der Waals surface area contributed by atoms with Crippen LogP contribution >= 0.6 is 0 Å². The van der Waals surface area contributed by atoms with Crippen molar-refractivity contribution in [1.82, 2.24) is 10.2 Å². The molecule has 0 fully saturated rings. The Bertz CT molecular complexity index is 557. The van der Waals surface area contributed by atoms with Crippen molar-refractivity contribution in [1.29, 1.82) is 0 Å². The Labute approximate surface area is 142 Å². The molecule has 0 aromatic heterocycles. The number of carbonyl (C=O) groups excluding carboxylic acids is 2. The molecule has 0 aliphatic heterocycles. The number of aliphatic carboxylic acids is 1. The van der Waals surface area contributed by atoms with Crippen LogP contribution in [-0.4, -0.2) is 46.9 Å². The standard InChI is InChI=1S/C18H26N2O4/c1-13(2)19-16(21)10-7-11-17(22)20(3)15(18(23)24)12-14-8-5-4-6-9-14/h4-6,8-9,13,15H,7,10-12H2,1-3H3,(H,19,21)(H,23,24). The Hall–Kier alpha value is -2.37. The van der Waals surface area contributed by atoms with E-state index >= 15 is 0 Å². The monoisotopic (exact) mass is 334 g/mol. The van der Waals surface area contributed by atoms with Crippen LogP contribution < -0.4 is 5.32 Å². The van der Waals surface area contributed by atoms with E-state index in [1.54, 1.807) is 0 Å². The van der Waals surface area contributed by atoms with Crippen LogP contribution in [0.2, 0.25) is 0 Å². The average Bonchev–Trinajstić information content (AvgIpc) is 2.51. The molecule has 0 aliphatic rings. The number of nitrogens with one attached hydrogen (secondary N) is 1. The third-order valence-electron chi connectivity index (χ3n) is 3.66. The quantitative estimate of drug-likeness (QED) is 0.721. The molecule has 6 nitrogen and oxygen atoms in total. The first-order valence-electron chi connectivity index (χ1n) is 8.13. The topological polar surface area (TPSA) is 86.7 Å². The second kappa shape index (κ2) is 9.70. The van der Waals surface area contributed by atoms with Gasteiger partial charge in [-0.1, -0.05) is 30.3 Å². The Morgan fingerprint density at radius 1 is 1.12 bits per heavy atom. The van der Waals surface area contributed by atoms with E-state index in [1.165, 1.54) is 11.9 Å². The van der Waals surface area contributed by atoms with Gasteiger partial charge in [-0.15, -0.1) is 0 Å². The van der Waals surface area contributed by atoms with Crippen LogP contribution in [-0.2, 0) is 20.8 Å². The van der Waals surface area contributed by atoms with Gasteiger partial charge in [0.2, 0.25) is 11.8 Å². The highest BCUT2D eigenvalue weighted by Crippen LogP contribution is 2.11. The molecule has 1 rings (SSSR count). The van der Waals surface area contributed by atoms with Gasteiger partial charge < -0.3 is 15.3 Å². The highest BCUT2D eigenvalue weighted by molar-refractivity contribution is 5.84. The van der Waals surface area contributed by atoms with Crippen molar-refractivity contribution in [2.75, 3.05) is 7.05 Å². The van der Waals surface area contributed by atoms with Crippen LogP contribution in [0.1, 0.15) is 38.7 Å². The van der Waals surface area contributed by atoms with Gasteiger partial charge >= 0.3 is 5.97 Å². The molecule has 24 heavy (non-hydrogen) atoms. The second-order valence-electron chi connectivity index (χ2n) is 6.12. The third kappa shape index (κ3) is 6.81. The maximum absolute atomic E-state index is 12.2. The molecule has 2 N–H and O–H groups in total. The molecule has 0 saturated heterocycles. The lowest BCUT2D eigenvalue weighted by Gasteiger charge is -2.25. The SMILES string of the molecule is CC(C)NC(=O)CCCC(=O)N(C)C(Cc1ccccc1)C(=O)O. The van der Waals surface area contributed by atoms with E-state index < -0.39 is 12.0 Å². The zero-order chi connectivity index (χ0) is 18.1. The number of amides is 2. The van der Waals surface area contributed by atoms with E-state index in [-0.39, 0.29) is 37.1 Å². The second-order valence-corrected chi connectivity index (χ2v) is 6.12. The number of nitrogens with zero attached hydrogens (tertiary/aromatic N) is 1. The number of likely N-dealkylation sites (N-methyl/N-ethyl adjacent to an activating group) is 1. The van der Waals surface area contributed by atoms with Gasteiger partial charge in [-0.05, 0) is 25.8 Å². The zero-order valence-electron chi connectivity index (χ0n) is 14.5. The summed E-state index contributed by atoms with van der Waals surface area (Å²) in [5.74, 6) is -1.40. The number of rotatable bonds is 9. The Kier molecular flexibility index (Phi) is 7.95. The third-order valence-corrected chi connectivity index (χ3v) is 3.66. The summed E-state index contributed by atoms with van der Waals surface area (Å²) >= 11 is 0. The zero-order valence-corrected chi connectivity index (χ0v) is 14.5. The number of hydrogen-bond acceptors (Lipinski definition) is 3. The predicted octanol–water partition coefficient (Wildman–Crippen LogP) is 1.84. The van der Waals surface area contributed by atoms with E-state index in [2.05, 4.69) is 5.32 Å². The summed E-state index contributed by atoms with van der Waals surface area (Å²) in [6.07, 6.45) is 1.07. The molecular weight excluding hydrogens is 308 g/mol. The molecule has 0 saturated carbocycles. The van der Waals surface area contributed by atoms with Crippen molar-refractivity contribution in [3.63, 3.8) is 0 Å². The van der Waals surface area contributed by atoms with E-state index in [9.17, 15) is 19.5 Å². The van der Waals surface area contributed by atoms with Gasteiger partial charge in [0.1, 0.15) is 6.04 Å². The number of carbonyl (C=O) groups is 3. The number of carboxylic acids is 1. The molecule has 0 aliphatic carbocycles. The summed E-state index contributed by atoms with van der Waals surface area (Å²) in [7, 11) is 1.50. The van der Waals surface area contributed by atoms with Gasteiger partial charge in [0.15, 0.2) is 0 Å². The summed E-state index contributed by atoms with van der Waals surface area (Å²) in [5, 5.41) is 12.2. The molecular formula is C18H26N2O4. The van der Waals surface area contributed by atoms with E-state index in [0.717, 1.165) is 5.56 Å². The lowest BCUT2D eigenvalue weighted by atomic mass is 10.0. The largest absolute Gasteiger partial charge is 0.480 e. The molecule has 1 atom stereocenters. The van der Waals surface area contributed by atoms with Crippen LogP contribution in [0.4, 0.5) is 0 Å². The Balaban J connectivity index is 2.54. The minimum atomic E-state index is -1.03. The lowest BCUT2D eigenvalue weighted by molar-refractivity contribution is -0.149. The van der Waals surface area contributed by atoms with Crippen molar-refractivity contribution < 1.29 is 19.5 Å². The molecule has 1 aromatic rings. The van der Waals surface area contributed by atoms with E-state index in [1.807, 2.05) is 44.2 Å². The van der Waals surface area contributed by atoms with Gasteiger partial charge in [-0.3, -0.25) is 9.59 Å². The molecule has 132 valence electrons. The van der Waals surface area contributed by atoms with Crippen molar-refractivity contribution in [2.24, 2.45) is 0 Å². The fourth-order valence-electron chi connectivity index (χ4n) is 2.37. The summed E-state index contributed by atoms with van der Waals surface area (Å²) in [5.41, 5.74) is 0.862. The van der Waals surface area contributed by atoms with Crippen LogP contribution in [0, 0.1) is 0 Å². The van der Waals surface area contributed by atoms with Gasteiger partial charge in [-0.25, -0.2) is 4.79 Å². The van der Waals surface area contributed by atoms with Gasteiger partial charge in [0.25, 0.3) is 0 Å². The van der Waals surface area contributed by atoms with Crippen molar-refractivity contribution >= 4 is 17.8 Å². The maximum Gasteiger partial charge on any atom is 0.326 e. The summed E-state index contributed by atoms with van der Waals surface area (Å²) < 4.78 is 0. The molecule has 0 radical (unpaired) electrons. The number of carboxylic acid groups (broad SMARTS) is 1. The van der Waals surface area contributed by atoms with Crippen LogP contribution in [0.25, 0.3) is 0 Å². The minimum Gasteiger partial charge on any atom is -0.480 e. The maximum atomic E-state index is 12.2. The lowest BCUT2D eigenvalue weighted by Crippen LogP contribution is -2.43. The van der Waals surface area contributed by atoms with Crippen LogP contribution in [0.3, 0.4) is 0 Å². The molecule has 0 bridgehead atoms. The molecule has 1 aromatic carbocycles. The first kappa shape index (κ1) is 19.7. The number of hydrogen-bond donors (Lipinski definition) is 2. The van der Waals surface area contributed by atoms with Gasteiger partial charge in [0.05, 0.1) is 0 Å². The van der Waals surface area contributed by atoms with Crippen molar-refractivity contribution in [2.45, 2.75) is 51.6 Å². The molecule has 0 spiro atoms.